The van der Waals surface area contributed by atoms with E-state index in [1.807, 2.05) is 0 Å². The highest BCUT2D eigenvalue weighted by Crippen LogP contribution is 2.30. The number of hydrogen-bond donors (Lipinski definition) is 0. The van der Waals surface area contributed by atoms with Gasteiger partial charge in [-0.3, -0.25) is 0 Å². The summed E-state index contributed by atoms with van der Waals surface area (Å²) in [6.45, 7) is 3.52. The average molecular weight is 404 g/mol. The summed E-state index contributed by atoms with van der Waals surface area (Å²) >= 11 is 11.8. The van der Waals surface area contributed by atoms with Gasteiger partial charge in [0, 0.05) is 34.1 Å². The maximum atomic E-state index is 12.8. The van der Waals surface area contributed by atoms with E-state index in [1.54, 1.807) is 13.8 Å². The largest absolute Gasteiger partial charge is 0.378 e. The maximum Gasteiger partial charge on any atom is 0.356 e. The van der Waals surface area contributed by atoms with E-state index in [-0.39, 0.29) is 33.3 Å². The van der Waals surface area contributed by atoms with E-state index in [4.69, 9.17) is 32.9 Å². The highest BCUT2D eigenvalue weighted by atomic mass is 35.5. The summed E-state index contributed by atoms with van der Waals surface area (Å²) in [5, 5.41) is 3.82. The minimum absolute atomic E-state index is 0.00926. The minimum atomic E-state index is -4.21. The Morgan fingerprint density at radius 1 is 1.32 bits per heavy atom. The Morgan fingerprint density at radius 3 is 2.44 bits per heavy atom. The van der Waals surface area contributed by atoms with E-state index in [1.165, 1.54) is 29.8 Å². The van der Waals surface area contributed by atoms with E-state index in [0.717, 1.165) is 0 Å². The predicted molar refractivity (Wildman–Crippen MR) is 94.4 cm³/mol. The smallest absolute Gasteiger partial charge is 0.356 e. The number of rotatable bonds is 6. The Kier molecular flexibility index (Phi) is 5.84. The van der Waals surface area contributed by atoms with Gasteiger partial charge >= 0.3 is 10.1 Å². The molecule has 0 atom stereocenters. The van der Waals surface area contributed by atoms with E-state index < -0.39 is 10.1 Å². The van der Waals surface area contributed by atoms with Crippen LogP contribution in [0.1, 0.15) is 31.3 Å². The lowest BCUT2D eigenvalue weighted by Crippen LogP contribution is -2.16. The summed E-state index contributed by atoms with van der Waals surface area (Å²) < 4.78 is 32.1. The van der Waals surface area contributed by atoms with Gasteiger partial charge in [0.15, 0.2) is 5.03 Å². The van der Waals surface area contributed by atoms with Gasteiger partial charge in [0.25, 0.3) is 0 Å². The zero-order valence-corrected chi connectivity index (χ0v) is 16.0. The third-order valence-electron chi connectivity index (χ3n) is 3.26. The monoisotopic (exact) mass is 403 g/mol. The molecule has 0 aliphatic heterocycles. The number of halogens is 2. The summed E-state index contributed by atoms with van der Waals surface area (Å²) in [6, 6.07) is 4.15. The van der Waals surface area contributed by atoms with Crippen LogP contribution in [0.5, 0.6) is 5.75 Å². The van der Waals surface area contributed by atoms with Crippen LogP contribution in [-0.4, -0.2) is 18.0 Å². The summed E-state index contributed by atoms with van der Waals surface area (Å²) in [6.07, 6.45) is 0. The Labute approximate surface area is 155 Å². The van der Waals surface area contributed by atoms with Crippen molar-refractivity contribution in [2.45, 2.75) is 31.3 Å². The Hall–Kier alpha value is -1.93. The summed E-state index contributed by atoms with van der Waals surface area (Å²) in [7, 11) is -2.69. The van der Waals surface area contributed by atoms with E-state index >= 15 is 0 Å². The Morgan fingerprint density at radius 2 is 1.92 bits per heavy atom. The maximum absolute atomic E-state index is 12.8. The normalized spacial score (nSPS) is 11.4. The SMILES string of the molecule is CC(C)c1nc(CN=[N+]=[N-])n(C)c1S(=O)(=O)Oc1cc(Cl)cc(Cl)c1. The number of azide groups is 1. The summed E-state index contributed by atoms with van der Waals surface area (Å²) in [4.78, 5) is 6.94. The molecule has 134 valence electrons. The van der Waals surface area contributed by atoms with Gasteiger partial charge in [-0.25, -0.2) is 4.98 Å². The molecule has 1 heterocycles. The van der Waals surface area contributed by atoms with Gasteiger partial charge in [0.2, 0.25) is 0 Å². The van der Waals surface area contributed by atoms with Crippen molar-refractivity contribution in [2.24, 2.45) is 12.2 Å². The zero-order valence-electron chi connectivity index (χ0n) is 13.6. The minimum Gasteiger partial charge on any atom is -0.378 e. The van der Waals surface area contributed by atoms with E-state index in [9.17, 15) is 8.42 Å². The van der Waals surface area contributed by atoms with E-state index in [2.05, 4.69) is 15.0 Å². The van der Waals surface area contributed by atoms with Crippen molar-refractivity contribution in [1.29, 1.82) is 0 Å². The van der Waals surface area contributed by atoms with Crippen LogP contribution < -0.4 is 4.18 Å². The second kappa shape index (κ2) is 7.53. The molecule has 1 aromatic carbocycles. The molecule has 0 radical (unpaired) electrons. The van der Waals surface area contributed by atoms with E-state index in [0.29, 0.717) is 11.5 Å². The van der Waals surface area contributed by atoms with Crippen LogP contribution in [0.15, 0.2) is 28.3 Å². The second-order valence-electron chi connectivity index (χ2n) is 5.46. The zero-order chi connectivity index (χ0) is 18.8. The molecule has 0 fully saturated rings. The summed E-state index contributed by atoms with van der Waals surface area (Å²) in [5.74, 6) is 0.111. The molecular weight excluding hydrogens is 389 g/mol. The number of imidazole rings is 1. The number of hydrogen-bond acceptors (Lipinski definition) is 5. The standard InChI is InChI=1S/C14H15Cl2N5O3S/c1-8(2)13-14(21(3)12(19-13)7-18-20-17)25(22,23)24-11-5-9(15)4-10(16)6-11/h4-6,8H,7H2,1-3H3. The summed E-state index contributed by atoms with van der Waals surface area (Å²) in [5.41, 5.74) is 8.78. The lowest BCUT2D eigenvalue weighted by atomic mass is 10.2. The number of benzene rings is 1. The first-order chi connectivity index (χ1) is 11.7. The van der Waals surface area contributed by atoms with Gasteiger partial charge in [-0.15, -0.1) is 0 Å². The van der Waals surface area contributed by atoms with Crippen LogP contribution in [0.4, 0.5) is 0 Å². The van der Waals surface area contributed by atoms with Crippen molar-refractivity contribution < 1.29 is 12.6 Å². The molecule has 11 heteroatoms. The van der Waals surface area contributed by atoms with Crippen molar-refractivity contribution in [1.82, 2.24) is 9.55 Å². The van der Waals surface area contributed by atoms with Gasteiger partial charge < -0.3 is 8.75 Å². The number of aromatic nitrogens is 2. The molecule has 25 heavy (non-hydrogen) atoms. The molecule has 0 amide bonds. The van der Waals surface area contributed by atoms with Crippen molar-refractivity contribution in [2.75, 3.05) is 0 Å². The van der Waals surface area contributed by atoms with Gasteiger partial charge in [-0.2, -0.15) is 8.42 Å². The van der Waals surface area contributed by atoms with Crippen molar-refractivity contribution in [3.05, 3.63) is 50.2 Å². The molecule has 0 bridgehead atoms. The van der Waals surface area contributed by atoms with Crippen LogP contribution >= 0.6 is 23.2 Å². The molecule has 0 aliphatic rings. The first-order valence-corrected chi connectivity index (χ1v) is 9.29. The quantitative estimate of drug-likeness (QED) is 0.307. The van der Waals surface area contributed by atoms with Crippen LogP contribution in [-0.2, 0) is 23.7 Å². The third-order valence-corrected chi connectivity index (χ3v) is 5.07. The fraction of sp³-hybridized carbons (Fsp3) is 0.357. The Bertz CT molecular complexity index is 929. The van der Waals surface area contributed by atoms with Gasteiger partial charge in [0.1, 0.15) is 11.6 Å². The van der Waals surface area contributed by atoms with Crippen molar-refractivity contribution in [3.63, 3.8) is 0 Å². The first-order valence-electron chi connectivity index (χ1n) is 7.12. The lowest BCUT2D eigenvalue weighted by molar-refractivity contribution is 0.474. The van der Waals surface area contributed by atoms with Crippen LogP contribution in [0.25, 0.3) is 10.4 Å². The first kappa shape index (κ1) is 19.4. The Balaban J connectivity index is 2.54. The van der Waals surface area contributed by atoms with Gasteiger partial charge in [0.05, 0.1) is 12.2 Å². The van der Waals surface area contributed by atoms with Gasteiger partial charge in [-0.1, -0.05) is 42.2 Å². The third kappa shape index (κ3) is 4.38. The van der Waals surface area contributed by atoms with Crippen LogP contribution in [0.2, 0.25) is 10.0 Å². The highest BCUT2D eigenvalue weighted by molar-refractivity contribution is 7.87. The van der Waals surface area contributed by atoms with Gasteiger partial charge in [-0.05, 0) is 17.5 Å². The average Bonchev–Trinajstić information content (AvgIpc) is 2.81. The predicted octanol–water partition coefficient (Wildman–Crippen LogP) is 4.43. The van der Waals surface area contributed by atoms with Crippen LogP contribution in [0, 0.1) is 0 Å². The lowest BCUT2D eigenvalue weighted by Gasteiger charge is -2.11. The molecule has 0 saturated carbocycles. The molecule has 2 rings (SSSR count). The molecule has 2 aromatic rings. The molecular formula is C14H15Cl2N5O3S. The molecule has 1 aromatic heterocycles. The topological polar surface area (TPSA) is 110 Å². The number of nitrogens with zero attached hydrogens (tertiary/aromatic N) is 5. The molecule has 0 N–H and O–H groups in total. The van der Waals surface area contributed by atoms with Crippen molar-refractivity contribution >= 4 is 33.3 Å². The molecule has 0 saturated heterocycles. The fourth-order valence-electron chi connectivity index (χ4n) is 2.20. The molecule has 0 aliphatic carbocycles. The second-order valence-corrected chi connectivity index (χ2v) is 7.80. The van der Waals surface area contributed by atoms with Crippen LogP contribution in [0.3, 0.4) is 0 Å². The molecule has 8 nitrogen and oxygen atoms in total. The molecule has 0 unspecified atom stereocenters. The van der Waals surface area contributed by atoms with Crippen molar-refractivity contribution in [3.8, 4) is 5.75 Å². The molecule has 0 spiro atoms. The fourth-order valence-corrected chi connectivity index (χ4v) is 4.11. The highest BCUT2D eigenvalue weighted by Gasteiger charge is 2.30.